The number of rotatable bonds is 4. The van der Waals surface area contributed by atoms with Crippen LogP contribution in [0.3, 0.4) is 0 Å². The molecule has 0 radical (unpaired) electrons. The number of hydrogen-bond acceptors (Lipinski definition) is 4. The van der Waals surface area contributed by atoms with Gasteiger partial charge in [-0.1, -0.05) is 0 Å². The number of likely N-dealkylation sites (tertiary alicyclic amines) is 1. The zero-order valence-electron chi connectivity index (χ0n) is 17.5. The fourth-order valence-electron chi connectivity index (χ4n) is 6.97. The van der Waals surface area contributed by atoms with Gasteiger partial charge in [0.25, 0.3) is 0 Å². The highest BCUT2D eigenvalue weighted by atomic mass is 32.2. The summed E-state index contributed by atoms with van der Waals surface area (Å²) in [7, 11) is -3.27. The Morgan fingerprint density at radius 1 is 1.00 bits per heavy atom. The molecule has 5 aliphatic rings. The van der Waals surface area contributed by atoms with Crippen molar-refractivity contribution in [2.75, 3.05) is 18.1 Å². The fourth-order valence-corrected chi connectivity index (χ4v) is 7.60. The van der Waals surface area contributed by atoms with Crippen LogP contribution in [0, 0.1) is 23.2 Å². The first-order valence-electron chi connectivity index (χ1n) is 11.2. The fraction of sp³-hybridized carbons (Fsp3) is 0.652. The van der Waals surface area contributed by atoms with Gasteiger partial charge < -0.3 is 10.2 Å². The lowest BCUT2D eigenvalue weighted by molar-refractivity contribution is -0.160. The van der Waals surface area contributed by atoms with E-state index in [0.717, 1.165) is 31.9 Å². The van der Waals surface area contributed by atoms with E-state index < -0.39 is 15.9 Å². The number of benzene rings is 1. The molecule has 4 aliphatic carbocycles. The summed E-state index contributed by atoms with van der Waals surface area (Å²) in [6.07, 6.45) is 9.60. The molecule has 162 valence electrons. The summed E-state index contributed by atoms with van der Waals surface area (Å²) in [6.45, 7) is 0.658. The second kappa shape index (κ2) is 7.08. The van der Waals surface area contributed by atoms with Crippen molar-refractivity contribution in [1.29, 1.82) is 0 Å². The number of amides is 2. The molecule has 4 bridgehead atoms. The lowest BCUT2D eigenvalue weighted by Crippen LogP contribution is -2.56. The van der Waals surface area contributed by atoms with E-state index in [1.165, 1.54) is 31.4 Å². The van der Waals surface area contributed by atoms with Gasteiger partial charge in [0.05, 0.1) is 10.3 Å². The van der Waals surface area contributed by atoms with Gasteiger partial charge in [-0.3, -0.25) is 9.59 Å². The molecule has 1 aromatic rings. The molecule has 1 aromatic carbocycles. The normalized spacial score (nSPS) is 34.9. The van der Waals surface area contributed by atoms with Gasteiger partial charge in [-0.05, 0) is 93.4 Å². The van der Waals surface area contributed by atoms with Crippen molar-refractivity contribution in [1.82, 2.24) is 4.90 Å². The third-order valence-electron chi connectivity index (χ3n) is 7.86. The van der Waals surface area contributed by atoms with Crippen LogP contribution in [0.15, 0.2) is 29.2 Å². The maximum absolute atomic E-state index is 13.7. The molecule has 0 spiro atoms. The van der Waals surface area contributed by atoms with Gasteiger partial charge in [-0.25, -0.2) is 8.42 Å². The summed E-state index contributed by atoms with van der Waals surface area (Å²) >= 11 is 0. The molecule has 6 rings (SSSR count). The average molecular weight is 431 g/mol. The van der Waals surface area contributed by atoms with E-state index >= 15 is 0 Å². The molecule has 7 heteroatoms. The molecular formula is C23H30N2O4S. The van der Waals surface area contributed by atoms with Gasteiger partial charge in [0, 0.05) is 18.5 Å². The molecule has 1 heterocycles. The third kappa shape index (κ3) is 3.45. The Hall–Kier alpha value is -1.89. The second-order valence-electron chi connectivity index (χ2n) is 10.1. The molecule has 1 aliphatic heterocycles. The van der Waals surface area contributed by atoms with E-state index in [4.69, 9.17) is 0 Å². The van der Waals surface area contributed by atoms with E-state index in [1.807, 2.05) is 4.90 Å². The van der Waals surface area contributed by atoms with Crippen molar-refractivity contribution in [3.05, 3.63) is 24.3 Å². The van der Waals surface area contributed by atoms with Crippen LogP contribution in [0.25, 0.3) is 0 Å². The monoisotopic (exact) mass is 430 g/mol. The molecule has 1 unspecified atom stereocenters. The third-order valence-corrected chi connectivity index (χ3v) is 8.99. The van der Waals surface area contributed by atoms with Crippen LogP contribution < -0.4 is 5.32 Å². The maximum Gasteiger partial charge on any atom is 0.247 e. The Balaban J connectivity index is 1.30. The highest BCUT2D eigenvalue weighted by Crippen LogP contribution is 2.60. The molecule has 5 fully saturated rings. The van der Waals surface area contributed by atoms with E-state index in [1.54, 1.807) is 12.1 Å². The first-order chi connectivity index (χ1) is 14.2. The van der Waals surface area contributed by atoms with Crippen molar-refractivity contribution in [2.45, 2.75) is 62.3 Å². The summed E-state index contributed by atoms with van der Waals surface area (Å²) in [5.41, 5.74) is 0.330. The molecule has 4 saturated carbocycles. The van der Waals surface area contributed by atoms with Crippen molar-refractivity contribution in [2.24, 2.45) is 23.2 Å². The van der Waals surface area contributed by atoms with Crippen LogP contribution in [0.1, 0.15) is 51.4 Å². The van der Waals surface area contributed by atoms with Crippen LogP contribution >= 0.6 is 0 Å². The predicted molar refractivity (Wildman–Crippen MR) is 114 cm³/mol. The Labute approximate surface area is 178 Å². The predicted octanol–water partition coefficient (Wildman–Crippen LogP) is 3.24. The van der Waals surface area contributed by atoms with E-state index in [-0.39, 0.29) is 22.1 Å². The molecule has 2 amide bonds. The highest BCUT2D eigenvalue weighted by molar-refractivity contribution is 7.90. The number of nitrogens with zero attached hydrogens (tertiary/aromatic N) is 1. The highest BCUT2D eigenvalue weighted by Gasteiger charge is 2.56. The molecule has 0 aromatic heterocycles. The summed E-state index contributed by atoms with van der Waals surface area (Å²) < 4.78 is 23.2. The molecule has 6 nitrogen and oxygen atoms in total. The minimum Gasteiger partial charge on any atom is -0.330 e. The number of anilines is 1. The van der Waals surface area contributed by atoms with Crippen LogP contribution in [-0.2, 0) is 19.4 Å². The first-order valence-corrected chi connectivity index (χ1v) is 13.0. The summed E-state index contributed by atoms with van der Waals surface area (Å²) in [6, 6.07) is 5.78. The minimum absolute atomic E-state index is 0.169. The Morgan fingerprint density at radius 3 is 2.10 bits per heavy atom. The molecular weight excluding hydrogens is 400 g/mol. The lowest BCUT2D eigenvalue weighted by atomic mass is 9.49. The van der Waals surface area contributed by atoms with Crippen LogP contribution in [0.4, 0.5) is 5.69 Å². The molecule has 1 atom stereocenters. The summed E-state index contributed by atoms with van der Waals surface area (Å²) in [4.78, 5) is 28.8. The van der Waals surface area contributed by atoms with Gasteiger partial charge in [0.15, 0.2) is 9.84 Å². The van der Waals surface area contributed by atoms with Gasteiger partial charge in [0.1, 0.15) is 6.04 Å². The first kappa shape index (κ1) is 20.0. The zero-order valence-corrected chi connectivity index (χ0v) is 18.3. The van der Waals surface area contributed by atoms with Crippen molar-refractivity contribution in [3.8, 4) is 0 Å². The molecule has 1 N–H and O–H groups in total. The smallest absolute Gasteiger partial charge is 0.247 e. The van der Waals surface area contributed by atoms with Gasteiger partial charge in [-0.2, -0.15) is 0 Å². The topological polar surface area (TPSA) is 83.6 Å². The van der Waals surface area contributed by atoms with Crippen molar-refractivity contribution in [3.63, 3.8) is 0 Å². The van der Waals surface area contributed by atoms with Gasteiger partial charge >= 0.3 is 0 Å². The van der Waals surface area contributed by atoms with Crippen LogP contribution in [0.5, 0.6) is 0 Å². The molecule has 1 saturated heterocycles. The Kier molecular flexibility index (Phi) is 4.73. The number of carbonyl (C=O) groups is 2. The summed E-state index contributed by atoms with van der Waals surface area (Å²) in [5, 5.41) is 2.89. The van der Waals surface area contributed by atoms with Gasteiger partial charge in [-0.15, -0.1) is 0 Å². The standard InChI is InChI=1S/C23H30N2O4S/c1-30(28,29)19-6-4-18(5-7-19)24-21(26)20-3-2-8-25(20)22(27)23-12-15-9-16(13-23)11-17(10-15)14-23/h4-7,15-17,20H,2-3,8-14H2,1H3,(H,24,26). The Morgan fingerprint density at radius 2 is 1.57 bits per heavy atom. The number of hydrogen-bond donors (Lipinski definition) is 1. The van der Waals surface area contributed by atoms with E-state index in [2.05, 4.69) is 5.32 Å². The quantitative estimate of drug-likeness (QED) is 0.795. The zero-order chi connectivity index (χ0) is 21.1. The van der Waals surface area contributed by atoms with Crippen LogP contribution in [-0.4, -0.2) is 44.0 Å². The minimum atomic E-state index is -3.27. The van der Waals surface area contributed by atoms with Crippen LogP contribution in [0.2, 0.25) is 0 Å². The SMILES string of the molecule is CS(=O)(=O)c1ccc(NC(=O)C2CCCN2C(=O)C23CC4CC(CC(C4)C2)C3)cc1. The molecule has 30 heavy (non-hydrogen) atoms. The second-order valence-corrected chi connectivity index (χ2v) is 12.2. The van der Waals surface area contributed by atoms with Crippen molar-refractivity contribution < 1.29 is 18.0 Å². The lowest BCUT2D eigenvalue weighted by Gasteiger charge is -2.56. The number of nitrogens with one attached hydrogen (secondary N) is 1. The maximum atomic E-state index is 13.7. The van der Waals surface area contributed by atoms with E-state index in [9.17, 15) is 18.0 Å². The van der Waals surface area contributed by atoms with E-state index in [0.29, 0.717) is 36.4 Å². The van der Waals surface area contributed by atoms with Crippen molar-refractivity contribution >= 4 is 27.3 Å². The summed E-state index contributed by atoms with van der Waals surface area (Å²) in [5.74, 6) is 2.14. The Bertz CT molecular complexity index is 934. The van der Waals surface area contributed by atoms with Gasteiger partial charge in [0.2, 0.25) is 11.8 Å². The average Bonchev–Trinajstić information content (AvgIpc) is 3.16. The number of carbonyl (C=O) groups excluding carboxylic acids is 2. The largest absolute Gasteiger partial charge is 0.330 e. The number of sulfone groups is 1.